The summed E-state index contributed by atoms with van der Waals surface area (Å²) in [7, 11) is 1.09. The minimum absolute atomic E-state index is 0.0516. The molecular weight excluding hydrogens is 725 g/mol. The van der Waals surface area contributed by atoms with Crippen molar-refractivity contribution in [3.05, 3.63) is 85.1 Å². The number of carbonyl (C=O) groups excluding carboxylic acids is 2. The van der Waals surface area contributed by atoms with E-state index in [0.29, 0.717) is 30.3 Å². The summed E-state index contributed by atoms with van der Waals surface area (Å²) < 4.78 is 33.7. The minimum Gasteiger partial charge on any atom is -0.756 e. The number of likely N-dealkylation sites (N-methyl/N-ethyl adjacent to an activating group) is 1. The molecule has 56 heavy (non-hydrogen) atoms. The Morgan fingerprint density at radius 2 is 0.964 bits per heavy atom. The molecule has 0 spiro atoms. The molecule has 10 heteroatoms. The van der Waals surface area contributed by atoms with Gasteiger partial charge in [0.15, 0.2) is 6.10 Å². The third kappa shape index (κ3) is 40.8. The molecular formula is C46H78NO8P. The standard InChI is InChI=1S/C46H78NO8P/c1-6-8-10-12-14-16-18-20-22-23-25-27-29-31-33-35-37-39-46(49)55-44(43-54-56(50,51)53-41-40-47(3,4)5)42-52-45(48)38-36-34-32-30-28-26-24-21-19-17-15-13-11-9-7-2/h14-17,20-22,24-25,27-28,30-31,33,44H,6-13,18-19,23,26,29,32,34-43H2,1-5H3/b16-14-,17-15-,22-20-,24-21-,27-25-,30-28-,33-31-/t44-/m1/s1. The Balaban J connectivity index is 4.57. The highest BCUT2D eigenvalue weighted by molar-refractivity contribution is 7.45. The Labute approximate surface area is 341 Å². The Kier molecular flexibility index (Phi) is 35.9. The topological polar surface area (TPSA) is 111 Å². The molecule has 0 aliphatic carbocycles. The molecule has 320 valence electrons. The lowest BCUT2D eigenvalue weighted by Gasteiger charge is -2.28. The summed E-state index contributed by atoms with van der Waals surface area (Å²) in [5.41, 5.74) is 0. The maximum atomic E-state index is 12.6. The van der Waals surface area contributed by atoms with E-state index in [1.807, 2.05) is 27.2 Å². The fourth-order valence-corrected chi connectivity index (χ4v) is 5.73. The zero-order chi connectivity index (χ0) is 41.4. The molecule has 0 saturated heterocycles. The number of ether oxygens (including phenoxy) is 2. The smallest absolute Gasteiger partial charge is 0.306 e. The monoisotopic (exact) mass is 804 g/mol. The van der Waals surface area contributed by atoms with Crippen molar-refractivity contribution < 1.29 is 42.1 Å². The maximum absolute atomic E-state index is 12.6. The fraction of sp³-hybridized carbons (Fsp3) is 0.652. The fourth-order valence-electron chi connectivity index (χ4n) is 5.00. The number of quaternary nitrogens is 1. The quantitative estimate of drug-likeness (QED) is 0.0201. The van der Waals surface area contributed by atoms with E-state index in [-0.39, 0.29) is 26.1 Å². The van der Waals surface area contributed by atoms with Crippen molar-refractivity contribution in [3.8, 4) is 0 Å². The van der Waals surface area contributed by atoms with Crippen molar-refractivity contribution in [3.63, 3.8) is 0 Å². The molecule has 0 fully saturated rings. The first kappa shape index (κ1) is 53.2. The summed E-state index contributed by atoms with van der Waals surface area (Å²) in [5, 5.41) is 0. The van der Waals surface area contributed by atoms with Gasteiger partial charge in [-0.2, -0.15) is 0 Å². The number of unbranched alkanes of at least 4 members (excludes halogenated alkanes) is 9. The average molecular weight is 804 g/mol. The van der Waals surface area contributed by atoms with Gasteiger partial charge in [0, 0.05) is 12.8 Å². The molecule has 0 aromatic heterocycles. The van der Waals surface area contributed by atoms with Crippen molar-refractivity contribution in [2.24, 2.45) is 0 Å². The van der Waals surface area contributed by atoms with Crippen molar-refractivity contribution in [2.75, 3.05) is 47.5 Å². The Hall–Kier alpha value is -2.81. The Morgan fingerprint density at radius 3 is 1.41 bits per heavy atom. The molecule has 0 saturated carbocycles. The number of hydrogen-bond donors (Lipinski definition) is 0. The van der Waals surface area contributed by atoms with Crippen LogP contribution in [0.2, 0.25) is 0 Å². The lowest BCUT2D eigenvalue weighted by Crippen LogP contribution is -2.37. The number of rotatable bonds is 37. The predicted octanol–water partition coefficient (Wildman–Crippen LogP) is 11.4. The number of phosphoric ester groups is 1. The highest BCUT2D eigenvalue weighted by atomic mass is 31.2. The molecule has 0 aromatic carbocycles. The molecule has 0 aliphatic heterocycles. The first-order valence-corrected chi connectivity index (χ1v) is 22.8. The van der Waals surface area contributed by atoms with Crippen LogP contribution in [0.4, 0.5) is 0 Å². The molecule has 2 atom stereocenters. The van der Waals surface area contributed by atoms with E-state index < -0.39 is 32.5 Å². The second-order valence-corrected chi connectivity index (χ2v) is 16.4. The molecule has 0 aliphatic rings. The lowest BCUT2D eigenvalue weighted by molar-refractivity contribution is -0.870. The average Bonchev–Trinajstić information content (AvgIpc) is 3.15. The SMILES string of the molecule is CCCCC/C=C\C/C=C\C/C=C\C/C=C\CCCC(=O)O[C@H](COC(=O)CCCC/C=C\C/C=C\C/C=C\CCCCC)COP(=O)([O-])OCC[N+](C)(C)C. The van der Waals surface area contributed by atoms with Gasteiger partial charge in [-0.3, -0.25) is 14.2 Å². The van der Waals surface area contributed by atoms with E-state index in [0.717, 1.165) is 57.8 Å². The molecule has 1 unspecified atom stereocenters. The largest absolute Gasteiger partial charge is 0.756 e. The molecule has 0 N–H and O–H groups in total. The summed E-state index contributed by atoms with van der Waals surface area (Å²) in [6.07, 6.45) is 47.6. The van der Waals surface area contributed by atoms with Crippen LogP contribution in [0.3, 0.4) is 0 Å². The van der Waals surface area contributed by atoms with Gasteiger partial charge in [0.05, 0.1) is 27.7 Å². The number of hydrogen-bond acceptors (Lipinski definition) is 8. The maximum Gasteiger partial charge on any atom is 0.306 e. The highest BCUT2D eigenvalue weighted by Crippen LogP contribution is 2.38. The van der Waals surface area contributed by atoms with Gasteiger partial charge in [-0.1, -0.05) is 125 Å². The van der Waals surface area contributed by atoms with Gasteiger partial charge < -0.3 is 27.9 Å². The number of phosphoric acid groups is 1. The molecule has 0 heterocycles. The first-order valence-electron chi connectivity index (χ1n) is 21.3. The van der Waals surface area contributed by atoms with Crippen LogP contribution in [0, 0.1) is 0 Å². The van der Waals surface area contributed by atoms with E-state index in [1.165, 1.54) is 38.5 Å². The highest BCUT2D eigenvalue weighted by Gasteiger charge is 2.21. The molecule has 0 amide bonds. The minimum atomic E-state index is -4.65. The van der Waals surface area contributed by atoms with E-state index in [1.54, 1.807) is 0 Å². The van der Waals surface area contributed by atoms with Crippen LogP contribution in [0.15, 0.2) is 85.1 Å². The number of nitrogens with zero attached hydrogens (tertiary/aromatic N) is 1. The van der Waals surface area contributed by atoms with Crippen molar-refractivity contribution in [1.82, 2.24) is 0 Å². The van der Waals surface area contributed by atoms with Crippen molar-refractivity contribution in [2.45, 2.75) is 148 Å². The summed E-state index contributed by atoms with van der Waals surface area (Å²) >= 11 is 0. The van der Waals surface area contributed by atoms with E-state index in [2.05, 4.69) is 92.8 Å². The first-order chi connectivity index (χ1) is 27.0. The number of carbonyl (C=O) groups is 2. The van der Waals surface area contributed by atoms with Crippen LogP contribution in [0.1, 0.15) is 142 Å². The zero-order valence-electron chi connectivity index (χ0n) is 35.8. The van der Waals surface area contributed by atoms with Crippen LogP contribution in [-0.2, 0) is 32.7 Å². The lowest BCUT2D eigenvalue weighted by atomic mass is 10.1. The third-order valence-electron chi connectivity index (χ3n) is 8.39. The summed E-state index contributed by atoms with van der Waals surface area (Å²) in [5.74, 6) is -0.955. The van der Waals surface area contributed by atoms with E-state index >= 15 is 0 Å². The van der Waals surface area contributed by atoms with Crippen LogP contribution in [0.25, 0.3) is 0 Å². The van der Waals surface area contributed by atoms with Crippen LogP contribution < -0.4 is 4.89 Å². The van der Waals surface area contributed by atoms with E-state index in [4.69, 9.17) is 18.5 Å². The second kappa shape index (κ2) is 37.7. The Bertz CT molecular complexity index is 1230. The molecule has 0 aromatic rings. The van der Waals surface area contributed by atoms with Gasteiger partial charge in [0.2, 0.25) is 0 Å². The van der Waals surface area contributed by atoms with Gasteiger partial charge in [-0.15, -0.1) is 0 Å². The van der Waals surface area contributed by atoms with Crippen LogP contribution in [0.5, 0.6) is 0 Å². The summed E-state index contributed by atoms with van der Waals surface area (Å²) in [4.78, 5) is 37.4. The second-order valence-electron chi connectivity index (χ2n) is 15.0. The van der Waals surface area contributed by atoms with E-state index in [9.17, 15) is 19.0 Å². The Morgan fingerprint density at radius 1 is 0.554 bits per heavy atom. The van der Waals surface area contributed by atoms with Crippen molar-refractivity contribution >= 4 is 19.8 Å². The molecule has 9 nitrogen and oxygen atoms in total. The van der Waals surface area contributed by atoms with Gasteiger partial charge >= 0.3 is 11.9 Å². The van der Waals surface area contributed by atoms with Gasteiger partial charge in [0.1, 0.15) is 19.8 Å². The number of allylic oxidation sites excluding steroid dienone is 14. The summed E-state index contributed by atoms with van der Waals surface area (Å²) in [6.45, 7) is 4.03. The van der Waals surface area contributed by atoms with Crippen LogP contribution >= 0.6 is 7.82 Å². The number of esters is 2. The predicted molar refractivity (Wildman–Crippen MR) is 231 cm³/mol. The zero-order valence-corrected chi connectivity index (χ0v) is 36.7. The van der Waals surface area contributed by atoms with Gasteiger partial charge in [-0.25, -0.2) is 0 Å². The molecule has 0 rings (SSSR count). The van der Waals surface area contributed by atoms with Crippen molar-refractivity contribution in [1.29, 1.82) is 0 Å². The van der Waals surface area contributed by atoms with Crippen LogP contribution in [-0.4, -0.2) is 70.0 Å². The normalized spacial score (nSPS) is 14.5. The van der Waals surface area contributed by atoms with Gasteiger partial charge in [0.25, 0.3) is 7.82 Å². The third-order valence-corrected chi connectivity index (χ3v) is 9.35. The van der Waals surface area contributed by atoms with Gasteiger partial charge in [-0.05, 0) is 89.9 Å². The molecule has 0 radical (unpaired) electrons. The molecule has 0 bridgehead atoms. The summed E-state index contributed by atoms with van der Waals surface area (Å²) in [6, 6.07) is 0.